The SMILES string of the molecule is C=N.CC(C)CC(C(=O)N1CCC[C@H]1C(=O)O)C(C)C. The molecule has 116 valence electrons. The van der Waals surface area contributed by atoms with Gasteiger partial charge in [-0.2, -0.15) is 0 Å². The monoisotopic (exact) mass is 284 g/mol. The van der Waals surface area contributed by atoms with Crippen molar-refractivity contribution >= 4 is 18.6 Å². The molecule has 20 heavy (non-hydrogen) atoms. The van der Waals surface area contributed by atoms with Crippen LogP contribution in [0.1, 0.15) is 47.0 Å². The number of carboxylic acid groups (broad SMARTS) is 1. The van der Waals surface area contributed by atoms with Crippen LogP contribution in [0.3, 0.4) is 0 Å². The van der Waals surface area contributed by atoms with Crippen LogP contribution in [-0.4, -0.2) is 41.2 Å². The first-order valence-corrected chi connectivity index (χ1v) is 7.23. The van der Waals surface area contributed by atoms with E-state index in [1.165, 1.54) is 0 Å². The van der Waals surface area contributed by atoms with Crippen molar-refractivity contribution in [1.82, 2.24) is 4.90 Å². The fourth-order valence-electron chi connectivity index (χ4n) is 2.67. The van der Waals surface area contributed by atoms with Gasteiger partial charge in [0.05, 0.1) is 0 Å². The van der Waals surface area contributed by atoms with Gasteiger partial charge in [-0.15, -0.1) is 0 Å². The lowest BCUT2D eigenvalue weighted by molar-refractivity contribution is -0.150. The Kier molecular flexibility index (Phi) is 8.11. The minimum Gasteiger partial charge on any atom is -0.480 e. The largest absolute Gasteiger partial charge is 0.480 e. The van der Waals surface area contributed by atoms with E-state index in [1.807, 2.05) is 13.8 Å². The average molecular weight is 284 g/mol. The summed E-state index contributed by atoms with van der Waals surface area (Å²) in [6.07, 6.45) is 2.22. The van der Waals surface area contributed by atoms with Crippen LogP contribution in [0.15, 0.2) is 0 Å². The molecule has 0 radical (unpaired) electrons. The first-order valence-electron chi connectivity index (χ1n) is 7.23. The summed E-state index contributed by atoms with van der Waals surface area (Å²) in [7, 11) is 0. The van der Waals surface area contributed by atoms with E-state index < -0.39 is 12.0 Å². The third-order valence-electron chi connectivity index (χ3n) is 3.67. The van der Waals surface area contributed by atoms with Gasteiger partial charge in [-0.1, -0.05) is 27.7 Å². The first-order chi connectivity index (χ1) is 9.34. The van der Waals surface area contributed by atoms with Crippen LogP contribution in [0.2, 0.25) is 0 Å². The number of carbonyl (C=O) groups excluding carboxylic acids is 1. The Labute approximate surface area is 121 Å². The Bertz CT molecular complexity index is 329. The fourth-order valence-corrected chi connectivity index (χ4v) is 2.67. The quantitative estimate of drug-likeness (QED) is 0.761. The predicted octanol–water partition coefficient (Wildman–Crippen LogP) is 2.65. The molecule has 1 heterocycles. The maximum Gasteiger partial charge on any atom is 0.326 e. The average Bonchev–Trinajstić information content (AvgIpc) is 2.86. The van der Waals surface area contributed by atoms with Gasteiger partial charge in [0.2, 0.25) is 5.91 Å². The van der Waals surface area contributed by atoms with Crippen LogP contribution >= 0.6 is 0 Å². The van der Waals surface area contributed by atoms with Crippen LogP contribution in [0.25, 0.3) is 0 Å². The van der Waals surface area contributed by atoms with E-state index in [9.17, 15) is 9.59 Å². The molecule has 1 fully saturated rings. The smallest absolute Gasteiger partial charge is 0.326 e. The van der Waals surface area contributed by atoms with Gasteiger partial charge in [-0.3, -0.25) is 4.79 Å². The second-order valence-corrected chi connectivity index (χ2v) is 6.01. The number of hydrogen-bond acceptors (Lipinski definition) is 3. The van der Waals surface area contributed by atoms with E-state index in [-0.39, 0.29) is 17.7 Å². The Hall–Kier alpha value is -1.39. The third-order valence-corrected chi connectivity index (χ3v) is 3.67. The molecular formula is C15H28N2O3. The Morgan fingerprint density at radius 3 is 2.25 bits per heavy atom. The zero-order valence-electron chi connectivity index (χ0n) is 13.1. The van der Waals surface area contributed by atoms with Gasteiger partial charge in [-0.25, -0.2) is 4.79 Å². The minimum atomic E-state index is -0.868. The van der Waals surface area contributed by atoms with Gasteiger partial charge in [0.15, 0.2) is 0 Å². The van der Waals surface area contributed by atoms with Crippen LogP contribution in [0.5, 0.6) is 0 Å². The molecule has 1 rings (SSSR count). The van der Waals surface area contributed by atoms with Crippen molar-refractivity contribution in [3.8, 4) is 0 Å². The first kappa shape index (κ1) is 18.6. The summed E-state index contributed by atoms with van der Waals surface area (Å²) in [6, 6.07) is -0.606. The van der Waals surface area contributed by atoms with E-state index in [0.29, 0.717) is 18.9 Å². The molecule has 1 saturated heterocycles. The molecule has 0 spiro atoms. The molecule has 5 heteroatoms. The number of rotatable bonds is 5. The maximum absolute atomic E-state index is 12.5. The second-order valence-electron chi connectivity index (χ2n) is 6.01. The number of amides is 1. The van der Waals surface area contributed by atoms with E-state index in [0.717, 1.165) is 12.8 Å². The van der Waals surface area contributed by atoms with Gasteiger partial charge >= 0.3 is 5.97 Å². The number of nitrogens with one attached hydrogen (secondary N) is 1. The zero-order chi connectivity index (χ0) is 15.9. The summed E-state index contributed by atoms with van der Waals surface area (Å²) in [5.74, 6) is -0.177. The van der Waals surface area contributed by atoms with Crippen molar-refractivity contribution in [2.45, 2.75) is 53.0 Å². The van der Waals surface area contributed by atoms with Crippen LogP contribution in [0.4, 0.5) is 0 Å². The molecule has 0 aromatic heterocycles. The number of carbonyl (C=O) groups is 2. The van der Waals surface area contributed by atoms with Crippen molar-refractivity contribution in [2.24, 2.45) is 17.8 Å². The van der Waals surface area contributed by atoms with Crippen LogP contribution in [0, 0.1) is 23.2 Å². The molecule has 1 aliphatic rings. The molecule has 1 aliphatic heterocycles. The predicted molar refractivity (Wildman–Crippen MR) is 80.0 cm³/mol. The van der Waals surface area contributed by atoms with Crippen molar-refractivity contribution in [2.75, 3.05) is 6.54 Å². The van der Waals surface area contributed by atoms with Crippen molar-refractivity contribution < 1.29 is 14.7 Å². The molecule has 5 nitrogen and oxygen atoms in total. The Balaban J connectivity index is 0.00000172. The molecule has 2 N–H and O–H groups in total. The van der Waals surface area contributed by atoms with Crippen LogP contribution < -0.4 is 0 Å². The van der Waals surface area contributed by atoms with E-state index in [1.54, 1.807) is 4.90 Å². The molecule has 0 aliphatic carbocycles. The maximum atomic E-state index is 12.5. The topological polar surface area (TPSA) is 81.5 Å². The summed E-state index contributed by atoms with van der Waals surface area (Å²) >= 11 is 0. The highest BCUT2D eigenvalue weighted by Crippen LogP contribution is 2.27. The minimum absolute atomic E-state index is 0.0311. The summed E-state index contributed by atoms with van der Waals surface area (Å²) in [5, 5.41) is 14.6. The van der Waals surface area contributed by atoms with Gasteiger partial charge < -0.3 is 15.4 Å². The van der Waals surface area contributed by atoms with Gasteiger partial charge in [0, 0.05) is 12.5 Å². The number of nitrogens with zero attached hydrogens (tertiary/aromatic N) is 1. The molecular weight excluding hydrogens is 256 g/mol. The van der Waals surface area contributed by atoms with Gasteiger partial charge in [0.1, 0.15) is 6.04 Å². The third kappa shape index (κ3) is 4.94. The normalized spacial score (nSPS) is 19.7. The Morgan fingerprint density at radius 1 is 1.30 bits per heavy atom. The van der Waals surface area contributed by atoms with E-state index >= 15 is 0 Å². The summed E-state index contributed by atoms with van der Waals surface area (Å²) in [4.78, 5) is 25.2. The van der Waals surface area contributed by atoms with E-state index in [4.69, 9.17) is 10.5 Å². The lowest BCUT2D eigenvalue weighted by atomic mass is 9.86. The molecule has 1 amide bonds. The number of hydrogen-bond donors (Lipinski definition) is 2. The highest BCUT2D eigenvalue weighted by Gasteiger charge is 2.37. The van der Waals surface area contributed by atoms with Gasteiger partial charge in [0.25, 0.3) is 0 Å². The number of carboxylic acids is 1. The number of aliphatic carboxylic acids is 1. The molecule has 2 atom stereocenters. The zero-order valence-corrected chi connectivity index (χ0v) is 13.1. The molecule has 0 bridgehead atoms. The molecule has 0 saturated carbocycles. The summed E-state index contributed by atoms with van der Waals surface area (Å²) in [6.45, 7) is 11.4. The molecule has 0 aromatic rings. The highest BCUT2D eigenvalue weighted by atomic mass is 16.4. The lowest BCUT2D eigenvalue weighted by Crippen LogP contribution is -2.45. The standard InChI is InChI=1S/C14H25NO3.CH3N/c1-9(2)8-11(10(3)4)13(16)15-7-5-6-12(15)14(17)18;1-2/h9-12H,5-8H2,1-4H3,(H,17,18);2H,1H2/t11?,12-;/m0./s1. The second kappa shape index (κ2) is 8.72. The summed E-state index contributed by atoms with van der Waals surface area (Å²) in [5.41, 5.74) is 0. The number of likely N-dealkylation sites (tertiary alicyclic amines) is 1. The van der Waals surface area contributed by atoms with Crippen molar-refractivity contribution in [3.05, 3.63) is 0 Å². The fraction of sp³-hybridized carbons (Fsp3) is 0.800. The van der Waals surface area contributed by atoms with Crippen LogP contribution in [-0.2, 0) is 9.59 Å². The Morgan fingerprint density at radius 2 is 1.85 bits per heavy atom. The van der Waals surface area contributed by atoms with Crippen molar-refractivity contribution in [1.29, 1.82) is 5.41 Å². The van der Waals surface area contributed by atoms with Crippen molar-refractivity contribution in [3.63, 3.8) is 0 Å². The highest BCUT2D eigenvalue weighted by molar-refractivity contribution is 5.85. The molecule has 1 unspecified atom stereocenters. The van der Waals surface area contributed by atoms with Gasteiger partial charge in [-0.05, 0) is 37.8 Å². The van der Waals surface area contributed by atoms with E-state index in [2.05, 4.69) is 20.6 Å². The summed E-state index contributed by atoms with van der Waals surface area (Å²) < 4.78 is 0. The molecule has 0 aromatic carbocycles. The lowest BCUT2D eigenvalue weighted by Gasteiger charge is -2.29.